The Balaban J connectivity index is 1.03. The predicted molar refractivity (Wildman–Crippen MR) is 298 cm³/mol. The molecule has 4 heterocycles. The molecule has 0 fully saturated rings. The van der Waals surface area contributed by atoms with Crippen molar-refractivity contribution in [1.82, 2.24) is 9.55 Å². The van der Waals surface area contributed by atoms with Crippen LogP contribution in [-0.2, 0) is 10.8 Å². The number of rotatable bonds is 7. The van der Waals surface area contributed by atoms with Crippen LogP contribution in [0.5, 0.6) is 11.5 Å². The minimum atomic E-state index is -0.632. The van der Waals surface area contributed by atoms with Crippen molar-refractivity contribution >= 4 is 76.1 Å². The number of pyridine rings is 1. The topological polar surface area (TPSA) is 33.5 Å². The molecule has 70 heavy (non-hydrogen) atoms. The summed E-state index contributed by atoms with van der Waals surface area (Å²) >= 11 is 1.79. The van der Waals surface area contributed by atoms with Gasteiger partial charge in [0.15, 0.2) is 0 Å². The number of nitrogens with zero attached hydrogens (tertiary/aromatic N) is 4. The average molecular weight is 939 g/mol. The highest BCUT2D eigenvalue weighted by Crippen LogP contribution is 2.54. The number of ether oxygens (including phenoxy) is 1. The van der Waals surface area contributed by atoms with Crippen LogP contribution in [-0.4, -0.2) is 16.2 Å². The molecule has 0 saturated heterocycles. The SMILES string of the molecule is [2H]c1c([2H])c([2H])c(-c2c(C)c(C(C)(C)C)c(C)c(-c3c([2H])c([2H])c([2H])c([2H])c3[2H])c2N2CN(c3cccc(Oc4ccc5c6c7sc8ccccc8c7ccc6n(-c6cc(C(C)(C)C)ccn6)c5c4)c3)c3ccccc32)c([2H])c1[2H]. The predicted octanol–water partition coefficient (Wildman–Crippen LogP) is 18.1. The summed E-state index contributed by atoms with van der Waals surface area (Å²) in [4.78, 5) is 9.04. The molecule has 0 spiro atoms. The first kappa shape index (κ1) is 33.8. The van der Waals surface area contributed by atoms with Crippen molar-refractivity contribution in [3.8, 4) is 39.6 Å². The van der Waals surface area contributed by atoms with Crippen molar-refractivity contribution in [2.45, 2.75) is 66.2 Å². The van der Waals surface area contributed by atoms with Gasteiger partial charge in [-0.3, -0.25) is 4.57 Å². The molecular weight excluding hydrogens is 873 g/mol. The van der Waals surface area contributed by atoms with Gasteiger partial charge in [0.05, 0.1) is 41.8 Å². The number of para-hydroxylation sites is 2. The molecule has 5 nitrogen and oxygen atoms in total. The third-order valence-corrected chi connectivity index (χ3v) is 14.9. The number of fused-ring (bicyclic) bond motifs is 8. The Hall–Kier alpha value is -7.67. The van der Waals surface area contributed by atoms with Crippen LogP contribution >= 0.6 is 11.3 Å². The Bertz CT molecular complexity index is 4300. The molecule has 0 bridgehead atoms. The van der Waals surface area contributed by atoms with E-state index in [9.17, 15) is 5.48 Å². The Labute approximate surface area is 428 Å². The fourth-order valence-electron chi connectivity index (χ4n) is 10.8. The van der Waals surface area contributed by atoms with E-state index < -0.39 is 65.8 Å². The Morgan fingerprint density at radius 2 is 1.23 bits per heavy atom. The van der Waals surface area contributed by atoms with Gasteiger partial charge >= 0.3 is 0 Å². The van der Waals surface area contributed by atoms with Gasteiger partial charge in [0.1, 0.15) is 24.0 Å². The van der Waals surface area contributed by atoms with E-state index in [2.05, 4.69) is 90.9 Å². The van der Waals surface area contributed by atoms with E-state index in [1.807, 2.05) is 100 Å². The maximum Gasteiger partial charge on any atom is 0.137 e. The third-order valence-electron chi connectivity index (χ3n) is 13.7. The molecule has 11 aromatic rings. The van der Waals surface area contributed by atoms with E-state index in [0.717, 1.165) is 50.1 Å². The molecule has 0 amide bonds. The zero-order chi connectivity index (χ0) is 56.8. The summed E-state index contributed by atoms with van der Waals surface area (Å²) in [7, 11) is 0. The van der Waals surface area contributed by atoms with Crippen LogP contribution in [0.15, 0.2) is 182 Å². The monoisotopic (exact) mass is 938 g/mol. The van der Waals surface area contributed by atoms with Gasteiger partial charge in [-0.15, -0.1) is 11.3 Å². The lowest BCUT2D eigenvalue weighted by Gasteiger charge is -2.34. The highest BCUT2D eigenvalue weighted by Gasteiger charge is 2.35. The molecular formula is C64H56N4OS. The fraction of sp³-hybridized carbons (Fsp3) is 0.172. The Morgan fingerprint density at radius 3 is 1.91 bits per heavy atom. The highest BCUT2D eigenvalue weighted by molar-refractivity contribution is 7.26. The normalized spacial score (nSPS) is 15.0. The second-order valence-electron chi connectivity index (χ2n) is 20.2. The molecule has 0 unspecified atom stereocenters. The van der Waals surface area contributed by atoms with Crippen LogP contribution in [0, 0.1) is 13.8 Å². The number of thiophene rings is 1. The van der Waals surface area contributed by atoms with E-state index in [1.165, 1.54) is 20.2 Å². The molecule has 3 aromatic heterocycles. The van der Waals surface area contributed by atoms with Gasteiger partial charge in [-0.2, -0.15) is 0 Å². The summed E-state index contributed by atoms with van der Waals surface area (Å²) in [5.41, 5.74) is 7.42. The summed E-state index contributed by atoms with van der Waals surface area (Å²) in [5.74, 6) is 1.97. The number of anilines is 4. The molecule has 12 rings (SSSR count). The maximum atomic E-state index is 9.44. The number of benzene rings is 8. The minimum absolute atomic E-state index is 0.0594. The van der Waals surface area contributed by atoms with Crippen molar-refractivity contribution in [3.63, 3.8) is 0 Å². The molecule has 0 atom stereocenters. The van der Waals surface area contributed by atoms with E-state index in [-0.39, 0.29) is 23.2 Å². The lowest BCUT2D eigenvalue weighted by Crippen LogP contribution is -2.26. The third kappa shape index (κ3) is 7.15. The standard InChI is InChI=1S/C64H56N4OS/c1-40-57(42-20-11-9-12-21-42)61(58(43-22-13-10-14-23-43)41(2)60(40)64(6,7)8)67-39-66(51-27-16-17-28-52(51)67)45-24-19-25-46(37-45)69-47-30-31-50-54(38-47)68(56-36-44(34-35-65-56)63(3,4)5)53-33-32-49-48-26-15-18-29-55(48)70-62(49)59(50)53/h9-38H,39H2,1-8H3/i9D,10D,11D,12D,13D,14D,20D,21D,22D,23D. The zero-order valence-electron chi connectivity index (χ0n) is 50.4. The van der Waals surface area contributed by atoms with E-state index in [4.69, 9.17) is 17.9 Å². The van der Waals surface area contributed by atoms with Gasteiger partial charge in [-0.1, -0.05) is 144 Å². The van der Waals surface area contributed by atoms with Gasteiger partial charge in [0.25, 0.3) is 0 Å². The Kier molecular flexibility index (Phi) is 7.96. The van der Waals surface area contributed by atoms with Crippen LogP contribution in [0.1, 0.15) is 77.5 Å². The molecule has 6 heteroatoms. The van der Waals surface area contributed by atoms with Crippen LogP contribution < -0.4 is 14.5 Å². The van der Waals surface area contributed by atoms with E-state index in [0.29, 0.717) is 45.1 Å². The molecule has 0 radical (unpaired) electrons. The van der Waals surface area contributed by atoms with Crippen LogP contribution in [0.3, 0.4) is 0 Å². The van der Waals surface area contributed by atoms with Crippen molar-refractivity contribution in [2.75, 3.05) is 16.5 Å². The molecule has 0 saturated carbocycles. The zero-order valence-corrected chi connectivity index (χ0v) is 41.2. The fourth-order valence-corrected chi connectivity index (χ4v) is 12.1. The molecule has 0 N–H and O–H groups in total. The molecule has 1 aliphatic heterocycles. The lowest BCUT2D eigenvalue weighted by atomic mass is 9.75. The second kappa shape index (κ2) is 16.5. The van der Waals surface area contributed by atoms with Crippen LogP contribution in [0.2, 0.25) is 0 Å². The van der Waals surface area contributed by atoms with Crippen molar-refractivity contribution in [1.29, 1.82) is 0 Å². The summed E-state index contributed by atoms with van der Waals surface area (Å²) < 4.78 is 102. The first-order chi connectivity index (χ1) is 38.0. The summed E-state index contributed by atoms with van der Waals surface area (Å²) in [6.07, 6.45) is 1.88. The van der Waals surface area contributed by atoms with E-state index >= 15 is 0 Å². The van der Waals surface area contributed by atoms with Crippen LogP contribution in [0.4, 0.5) is 22.7 Å². The first-order valence-corrected chi connectivity index (χ1v) is 24.4. The van der Waals surface area contributed by atoms with Crippen molar-refractivity contribution in [3.05, 3.63) is 204 Å². The number of hydrogen-bond acceptors (Lipinski definition) is 5. The average Bonchev–Trinajstić information content (AvgIpc) is 4.13. The lowest BCUT2D eigenvalue weighted by molar-refractivity contribution is 0.483. The number of hydrogen-bond donors (Lipinski definition) is 0. The van der Waals surface area contributed by atoms with Crippen molar-refractivity contribution < 1.29 is 18.4 Å². The molecule has 0 aliphatic carbocycles. The smallest absolute Gasteiger partial charge is 0.137 e. The first-order valence-electron chi connectivity index (χ1n) is 28.6. The Morgan fingerprint density at radius 1 is 0.586 bits per heavy atom. The second-order valence-corrected chi connectivity index (χ2v) is 21.2. The number of aromatic nitrogens is 2. The summed E-state index contributed by atoms with van der Waals surface area (Å²) in [6.45, 7) is 16.5. The highest BCUT2D eigenvalue weighted by atomic mass is 32.1. The maximum absolute atomic E-state index is 9.44. The quantitative estimate of drug-likeness (QED) is 0.159. The summed E-state index contributed by atoms with van der Waals surface area (Å²) in [5, 5.41) is 4.65. The minimum Gasteiger partial charge on any atom is -0.457 e. The molecule has 8 aromatic carbocycles. The van der Waals surface area contributed by atoms with Crippen LogP contribution in [0.25, 0.3) is 70.0 Å². The molecule has 1 aliphatic rings. The van der Waals surface area contributed by atoms with E-state index in [1.54, 1.807) is 11.3 Å². The van der Waals surface area contributed by atoms with Gasteiger partial charge < -0.3 is 14.5 Å². The van der Waals surface area contributed by atoms with Gasteiger partial charge in [-0.05, 0) is 119 Å². The van der Waals surface area contributed by atoms with Gasteiger partial charge in [0, 0.05) is 66.1 Å². The van der Waals surface area contributed by atoms with Gasteiger partial charge in [-0.25, -0.2) is 4.98 Å². The van der Waals surface area contributed by atoms with Gasteiger partial charge in [0.2, 0.25) is 0 Å². The summed E-state index contributed by atoms with van der Waals surface area (Å²) in [6, 6.07) is 34.0. The largest absolute Gasteiger partial charge is 0.457 e. The molecule has 344 valence electrons. The van der Waals surface area contributed by atoms with Crippen molar-refractivity contribution in [2.24, 2.45) is 0 Å².